The molecular formula is C5H6N4O2. The SMILES string of the molecule is NCc1ncc([N+](=O)[O-])cn1. The molecule has 1 aromatic rings. The topological polar surface area (TPSA) is 94.9 Å². The Bertz CT molecular complexity index is 258. The third-order valence-electron chi connectivity index (χ3n) is 1.09. The maximum Gasteiger partial charge on any atom is 0.305 e. The first-order valence-corrected chi connectivity index (χ1v) is 2.89. The summed E-state index contributed by atoms with van der Waals surface area (Å²) in [4.78, 5) is 16.8. The second kappa shape index (κ2) is 3.02. The van der Waals surface area contributed by atoms with E-state index in [0.717, 1.165) is 12.4 Å². The van der Waals surface area contributed by atoms with Crippen LogP contribution in [0.4, 0.5) is 5.69 Å². The first-order valence-electron chi connectivity index (χ1n) is 2.89. The van der Waals surface area contributed by atoms with Crippen molar-refractivity contribution in [3.05, 3.63) is 28.3 Å². The van der Waals surface area contributed by atoms with E-state index in [4.69, 9.17) is 5.73 Å². The van der Waals surface area contributed by atoms with Crippen LogP contribution in [0.25, 0.3) is 0 Å². The van der Waals surface area contributed by atoms with Crippen molar-refractivity contribution in [2.24, 2.45) is 5.73 Å². The molecule has 0 saturated heterocycles. The lowest BCUT2D eigenvalue weighted by atomic mass is 10.5. The van der Waals surface area contributed by atoms with E-state index in [-0.39, 0.29) is 12.2 Å². The maximum atomic E-state index is 10.1. The van der Waals surface area contributed by atoms with Crippen molar-refractivity contribution >= 4 is 5.69 Å². The van der Waals surface area contributed by atoms with Gasteiger partial charge in [-0.25, -0.2) is 9.97 Å². The zero-order valence-electron chi connectivity index (χ0n) is 5.60. The van der Waals surface area contributed by atoms with E-state index in [2.05, 4.69) is 9.97 Å². The van der Waals surface area contributed by atoms with Crippen molar-refractivity contribution in [2.75, 3.05) is 0 Å². The van der Waals surface area contributed by atoms with Crippen molar-refractivity contribution in [3.8, 4) is 0 Å². The molecule has 1 aromatic heterocycles. The van der Waals surface area contributed by atoms with Gasteiger partial charge in [0.1, 0.15) is 18.2 Å². The van der Waals surface area contributed by atoms with E-state index in [0.29, 0.717) is 5.82 Å². The van der Waals surface area contributed by atoms with E-state index in [9.17, 15) is 10.1 Å². The van der Waals surface area contributed by atoms with E-state index in [1.807, 2.05) is 0 Å². The molecule has 0 saturated carbocycles. The van der Waals surface area contributed by atoms with Gasteiger partial charge in [-0.2, -0.15) is 0 Å². The summed E-state index contributed by atoms with van der Waals surface area (Å²) >= 11 is 0. The van der Waals surface area contributed by atoms with Crippen LogP contribution in [0.1, 0.15) is 5.82 Å². The third kappa shape index (κ3) is 1.68. The molecule has 0 atom stereocenters. The molecule has 11 heavy (non-hydrogen) atoms. The fourth-order valence-corrected chi connectivity index (χ4v) is 0.548. The molecule has 6 heteroatoms. The first-order chi connectivity index (χ1) is 5.24. The average Bonchev–Trinajstić information content (AvgIpc) is 2.05. The summed E-state index contributed by atoms with van der Waals surface area (Å²) < 4.78 is 0. The molecule has 0 amide bonds. The number of hydrogen-bond donors (Lipinski definition) is 1. The number of nitro groups is 1. The number of nitrogens with two attached hydrogens (primary N) is 1. The molecule has 1 heterocycles. The number of rotatable bonds is 2. The Morgan fingerprint density at radius 3 is 2.45 bits per heavy atom. The summed E-state index contributed by atoms with van der Waals surface area (Å²) in [6.07, 6.45) is 2.27. The predicted molar refractivity (Wildman–Crippen MR) is 36.6 cm³/mol. The summed E-state index contributed by atoms with van der Waals surface area (Å²) in [6, 6.07) is 0. The van der Waals surface area contributed by atoms with Gasteiger partial charge in [0.2, 0.25) is 0 Å². The van der Waals surface area contributed by atoms with Gasteiger partial charge in [0.15, 0.2) is 0 Å². The molecule has 0 aliphatic carbocycles. The summed E-state index contributed by atoms with van der Waals surface area (Å²) in [5.74, 6) is 0.399. The van der Waals surface area contributed by atoms with E-state index >= 15 is 0 Å². The Morgan fingerprint density at radius 2 is 2.09 bits per heavy atom. The Morgan fingerprint density at radius 1 is 1.55 bits per heavy atom. The molecule has 6 nitrogen and oxygen atoms in total. The Hall–Kier alpha value is -1.56. The fourth-order valence-electron chi connectivity index (χ4n) is 0.548. The van der Waals surface area contributed by atoms with Gasteiger partial charge in [-0.1, -0.05) is 0 Å². The molecule has 0 bridgehead atoms. The molecule has 0 aliphatic rings. The zero-order chi connectivity index (χ0) is 8.27. The van der Waals surface area contributed by atoms with Crippen LogP contribution in [0, 0.1) is 10.1 Å². The molecular weight excluding hydrogens is 148 g/mol. The Balaban J connectivity index is 2.91. The lowest BCUT2D eigenvalue weighted by Gasteiger charge is -1.92. The van der Waals surface area contributed by atoms with Gasteiger partial charge in [-0.05, 0) is 0 Å². The zero-order valence-corrected chi connectivity index (χ0v) is 5.60. The number of aromatic nitrogens is 2. The molecule has 0 aromatic carbocycles. The molecule has 0 fully saturated rings. The minimum absolute atomic E-state index is 0.123. The van der Waals surface area contributed by atoms with Crippen LogP contribution in [0.3, 0.4) is 0 Å². The standard InChI is InChI=1S/C5H6N4O2/c6-1-5-7-2-4(3-8-5)9(10)11/h2-3H,1,6H2. The van der Waals surface area contributed by atoms with Crippen molar-refractivity contribution < 1.29 is 4.92 Å². The molecule has 2 N–H and O–H groups in total. The highest BCUT2D eigenvalue weighted by atomic mass is 16.6. The van der Waals surface area contributed by atoms with E-state index in [1.165, 1.54) is 0 Å². The van der Waals surface area contributed by atoms with Crippen molar-refractivity contribution in [1.82, 2.24) is 9.97 Å². The van der Waals surface area contributed by atoms with Crippen molar-refractivity contribution in [2.45, 2.75) is 6.54 Å². The van der Waals surface area contributed by atoms with Crippen molar-refractivity contribution in [1.29, 1.82) is 0 Å². The Kier molecular flexibility index (Phi) is 2.07. The minimum atomic E-state index is -0.555. The smallest absolute Gasteiger partial charge is 0.305 e. The molecule has 0 radical (unpaired) electrons. The largest absolute Gasteiger partial charge is 0.324 e. The fraction of sp³-hybridized carbons (Fsp3) is 0.200. The molecule has 0 spiro atoms. The van der Waals surface area contributed by atoms with Crippen LogP contribution in [0.2, 0.25) is 0 Å². The molecule has 0 aliphatic heterocycles. The minimum Gasteiger partial charge on any atom is -0.324 e. The highest BCUT2D eigenvalue weighted by molar-refractivity contribution is 5.20. The second-order valence-electron chi connectivity index (χ2n) is 1.82. The van der Waals surface area contributed by atoms with Gasteiger partial charge in [0, 0.05) is 0 Å². The summed E-state index contributed by atoms with van der Waals surface area (Å²) in [5.41, 5.74) is 5.06. The normalized spacial score (nSPS) is 9.55. The van der Waals surface area contributed by atoms with Gasteiger partial charge >= 0.3 is 5.69 Å². The maximum absolute atomic E-state index is 10.1. The predicted octanol–water partition coefficient (Wildman–Crippen LogP) is -0.157. The third-order valence-corrected chi connectivity index (χ3v) is 1.09. The monoisotopic (exact) mass is 154 g/mol. The lowest BCUT2D eigenvalue weighted by molar-refractivity contribution is -0.385. The number of nitrogens with zero attached hydrogens (tertiary/aromatic N) is 3. The quantitative estimate of drug-likeness (QED) is 0.471. The van der Waals surface area contributed by atoms with Crippen LogP contribution in [0.15, 0.2) is 12.4 Å². The number of hydrogen-bond acceptors (Lipinski definition) is 5. The van der Waals surface area contributed by atoms with Gasteiger partial charge in [0.05, 0.1) is 11.5 Å². The highest BCUT2D eigenvalue weighted by Crippen LogP contribution is 2.04. The first kappa shape index (κ1) is 7.55. The summed E-state index contributed by atoms with van der Waals surface area (Å²) in [6.45, 7) is 0.192. The lowest BCUT2D eigenvalue weighted by Crippen LogP contribution is -2.02. The molecule has 1 rings (SSSR count). The van der Waals surface area contributed by atoms with Crippen LogP contribution < -0.4 is 5.73 Å². The highest BCUT2D eigenvalue weighted by Gasteiger charge is 2.04. The molecule has 58 valence electrons. The summed E-state index contributed by atoms with van der Waals surface area (Å²) in [7, 11) is 0. The van der Waals surface area contributed by atoms with Gasteiger partial charge in [-0.3, -0.25) is 10.1 Å². The van der Waals surface area contributed by atoms with E-state index in [1.54, 1.807) is 0 Å². The van der Waals surface area contributed by atoms with Crippen LogP contribution in [-0.2, 0) is 6.54 Å². The van der Waals surface area contributed by atoms with Crippen molar-refractivity contribution in [3.63, 3.8) is 0 Å². The van der Waals surface area contributed by atoms with Gasteiger partial charge in [0.25, 0.3) is 0 Å². The van der Waals surface area contributed by atoms with Gasteiger partial charge < -0.3 is 5.73 Å². The van der Waals surface area contributed by atoms with Gasteiger partial charge in [-0.15, -0.1) is 0 Å². The second-order valence-corrected chi connectivity index (χ2v) is 1.82. The average molecular weight is 154 g/mol. The summed E-state index contributed by atoms with van der Waals surface area (Å²) in [5, 5.41) is 10.1. The van der Waals surface area contributed by atoms with Crippen LogP contribution in [-0.4, -0.2) is 14.9 Å². The van der Waals surface area contributed by atoms with Crippen LogP contribution >= 0.6 is 0 Å². The molecule has 0 unspecified atom stereocenters. The Labute approximate surface area is 62.2 Å². The van der Waals surface area contributed by atoms with Crippen LogP contribution in [0.5, 0.6) is 0 Å². The van der Waals surface area contributed by atoms with E-state index < -0.39 is 4.92 Å².